The average molecular weight is 251 g/mol. The monoisotopic (exact) mass is 251 g/mol. The van der Waals surface area contributed by atoms with Gasteiger partial charge in [-0.05, 0) is 55.0 Å². The standard InChI is InChI=1S/C16H26FN/c1-6-9-18-16(13(5)11(2)3)15-10-14(17)8-7-12(15)4/h7-8,10-11,13,16,18H,6,9H2,1-5H3. The van der Waals surface area contributed by atoms with Crippen LogP contribution in [0.2, 0.25) is 0 Å². The van der Waals surface area contributed by atoms with Gasteiger partial charge < -0.3 is 5.32 Å². The Hall–Kier alpha value is -0.890. The molecule has 2 unspecified atom stereocenters. The molecule has 102 valence electrons. The van der Waals surface area contributed by atoms with Crippen LogP contribution in [-0.2, 0) is 0 Å². The zero-order chi connectivity index (χ0) is 13.7. The first-order valence-electron chi connectivity index (χ1n) is 6.96. The van der Waals surface area contributed by atoms with Gasteiger partial charge in [-0.25, -0.2) is 4.39 Å². The van der Waals surface area contributed by atoms with E-state index >= 15 is 0 Å². The maximum absolute atomic E-state index is 13.5. The third-order valence-electron chi connectivity index (χ3n) is 3.77. The molecule has 0 heterocycles. The summed E-state index contributed by atoms with van der Waals surface area (Å²) in [5.74, 6) is 0.911. The van der Waals surface area contributed by atoms with Gasteiger partial charge in [0.25, 0.3) is 0 Å². The van der Waals surface area contributed by atoms with Crippen LogP contribution in [0.5, 0.6) is 0 Å². The van der Waals surface area contributed by atoms with E-state index < -0.39 is 0 Å². The fourth-order valence-electron chi connectivity index (χ4n) is 2.21. The lowest BCUT2D eigenvalue weighted by atomic mass is 9.84. The normalized spacial score (nSPS) is 14.8. The van der Waals surface area contributed by atoms with E-state index in [0.717, 1.165) is 24.1 Å². The molecule has 0 bridgehead atoms. The molecule has 1 N–H and O–H groups in total. The van der Waals surface area contributed by atoms with Crippen molar-refractivity contribution in [1.29, 1.82) is 0 Å². The van der Waals surface area contributed by atoms with E-state index in [9.17, 15) is 4.39 Å². The van der Waals surface area contributed by atoms with Gasteiger partial charge in [0, 0.05) is 6.04 Å². The molecule has 0 spiro atoms. The minimum absolute atomic E-state index is 0.144. The summed E-state index contributed by atoms with van der Waals surface area (Å²) in [7, 11) is 0. The van der Waals surface area contributed by atoms with Crippen molar-refractivity contribution in [3.8, 4) is 0 Å². The minimum atomic E-state index is -0.144. The average Bonchev–Trinajstić information content (AvgIpc) is 2.33. The summed E-state index contributed by atoms with van der Waals surface area (Å²) in [5, 5.41) is 3.57. The molecule has 0 amide bonds. The third kappa shape index (κ3) is 3.81. The predicted molar refractivity (Wildman–Crippen MR) is 76.2 cm³/mol. The van der Waals surface area contributed by atoms with Crippen molar-refractivity contribution in [3.05, 3.63) is 35.1 Å². The van der Waals surface area contributed by atoms with Gasteiger partial charge in [0.15, 0.2) is 0 Å². The number of aryl methyl sites for hydroxylation is 1. The molecule has 0 aromatic heterocycles. The van der Waals surface area contributed by atoms with E-state index in [1.165, 1.54) is 6.07 Å². The van der Waals surface area contributed by atoms with Crippen molar-refractivity contribution < 1.29 is 4.39 Å². The first-order chi connectivity index (χ1) is 8.47. The quantitative estimate of drug-likeness (QED) is 0.786. The minimum Gasteiger partial charge on any atom is -0.310 e. The van der Waals surface area contributed by atoms with Crippen LogP contribution in [0.15, 0.2) is 18.2 Å². The number of rotatable bonds is 6. The van der Waals surface area contributed by atoms with E-state index in [2.05, 4.69) is 39.9 Å². The Morgan fingerprint density at radius 3 is 2.44 bits per heavy atom. The second kappa shape index (κ2) is 6.89. The molecule has 1 aromatic carbocycles. The van der Waals surface area contributed by atoms with Crippen LogP contribution < -0.4 is 5.32 Å². The fraction of sp³-hybridized carbons (Fsp3) is 0.625. The Kier molecular flexibility index (Phi) is 5.80. The summed E-state index contributed by atoms with van der Waals surface area (Å²) in [6.07, 6.45) is 1.09. The molecular weight excluding hydrogens is 225 g/mol. The number of hydrogen-bond donors (Lipinski definition) is 1. The zero-order valence-corrected chi connectivity index (χ0v) is 12.3. The molecule has 1 aromatic rings. The highest BCUT2D eigenvalue weighted by Gasteiger charge is 2.23. The lowest BCUT2D eigenvalue weighted by Crippen LogP contribution is -2.30. The topological polar surface area (TPSA) is 12.0 Å². The molecule has 1 rings (SSSR count). The van der Waals surface area contributed by atoms with Gasteiger partial charge in [0.2, 0.25) is 0 Å². The summed E-state index contributed by atoms with van der Waals surface area (Å²) >= 11 is 0. The highest BCUT2D eigenvalue weighted by Crippen LogP contribution is 2.30. The lowest BCUT2D eigenvalue weighted by Gasteiger charge is -2.29. The van der Waals surface area contributed by atoms with Gasteiger partial charge in [0.05, 0.1) is 0 Å². The van der Waals surface area contributed by atoms with Crippen molar-refractivity contribution >= 4 is 0 Å². The molecule has 1 nitrogen and oxygen atoms in total. The fourth-order valence-corrected chi connectivity index (χ4v) is 2.21. The van der Waals surface area contributed by atoms with Gasteiger partial charge >= 0.3 is 0 Å². The second-order valence-electron chi connectivity index (χ2n) is 5.54. The molecule has 2 atom stereocenters. The lowest BCUT2D eigenvalue weighted by molar-refractivity contribution is 0.302. The summed E-state index contributed by atoms with van der Waals surface area (Å²) in [5.41, 5.74) is 2.27. The van der Waals surface area contributed by atoms with Crippen molar-refractivity contribution in [2.45, 2.75) is 47.1 Å². The van der Waals surface area contributed by atoms with Crippen LogP contribution in [-0.4, -0.2) is 6.54 Å². The van der Waals surface area contributed by atoms with Crippen LogP contribution in [0.1, 0.15) is 51.3 Å². The molecule has 2 heteroatoms. The summed E-state index contributed by atoms with van der Waals surface area (Å²) in [4.78, 5) is 0. The molecule has 0 saturated carbocycles. The van der Waals surface area contributed by atoms with E-state index in [-0.39, 0.29) is 11.9 Å². The van der Waals surface area contributed by atoms with Gasteiger partial charge in [0.1, 0.15) is 5.82 Å². The maximum atomic E-state index is 13.5. The van der Waals surface area contributed by atoms with Crippen molar-refractivity contribution in [2.24, 2.45) is 11.8 Å². The van der Waals surface area contributed by atoms with E-state index in [1.54, 1.807) is 6.07 Å². The highest BCUT2D eigenvalue weighted by molar-refractivity contribution is 5.30. The molecule has 0 aliphatic carbocycles. The van der Waals surface area contributed by atoms with Crippen LogP contribution in [0.3, 0.4) is 0 Å². The van der Waals surface area contributed by atoms with E-state index in [0.29, 0.717) is 11.8 Å². The smallest absolute Gasteiger partial charge is 0.123 e. The first-order valence-corrected chi connectivity index (χ1v) is 6.96. The molecule has 18 heavy (non-hydrogen) atoms. The van der Waals surface area contributed by atoms with Crippen LogP contribution in [0.25, 0.3) is 0 Å². The highest BCUT2D eigenvalue weighted by atomic mass is 19.1. The largest absolute Gasteiger partial charge is 0.310 e. The van der Waals surface area contributed by atoms with Crippen LogP contribution >= 0.6 is 0 Å². The maximum Gasteiger partial charge on any atom is 0.123 e. The van der Waals surface area contributed by atoms with E-state index in [4.69, 9.17) is 0 Å². The van der Waals surface area contributed by atoms with Crippen molar-refractivity contribution in [2.75, 3.05) is 6.54 Å². The molecule has 0 fully saturated rings. The SMILES string of the molecule is CCCNC(c1cc(F)ccc1C)C(C)C(C)C. The Morgan fingerprint density at radius 1 is 1.22 bits per heavy atom. The molecule has 0 aliphatic rings. The first kappa shape index (κ1) is 15.2. The van der Waals surface area contributed by atoms with Crippen LogP contribution in [0.4, 0.5) is 4.39 Å². The zero-order valence-electron chi connectivity index (χ0n) is 12.3. The molecular formula is C16H26FN. The molecule has 0 radical (unpaired) electrons. The van der Waals surface area contributed by atoms with Gasteiger partial charge in [-0.15, -0.1) is 0 Å². The number of nitrogens with one attached hydrogen (secondary N) is 1. The second-order valence-corrected chi connectivity index (χ2v) is 5.54. The number of halogens is 1. The van der Waals surface area contributed by atoms with E-state index in [1.807, 2.05) is 6.07 Å². The third-order valence-corrected chi connectivity index (χ3v) is 3.77. The molecule has 0 saturated heterocycles. The Balaban J connectivity index is 3.04. The number of hydrogen-bond acceptors (Lipinski definition) is 1. The number of benzene rings is 1. The molecule has 0 aliphatic heterocycles. The summed E-state index contributed by atoms with van der Waals surface area (Å²) < 4.78 is 13.5. The summed E-state index contributed by atoms with van der Waals surface area (Å²) in [6.45, 7) is 11.9. The van der Waals surface area contributed by atoms with Gasteiger partial charge in [-0.3, -0.25) is 0 Å². The van der Waals surface area contributed by atoms with Crippen molar-refractivity contribution in [3.63, 3.8) is 0 Å². The van der Waals surface area contributed by atoms with Gasteiger partial charge in [-0.1, -0.05) is 33.8 Å². The summed E-state index contributed by atoms with van der Waals surface area (Å²) in [6, 6.07) is 5.33. The Morgan fingerprint density at radius 2 is 1.89 bits per heavy atom. The van der Waals surface area contributed by atoms with Gasteiger partial charge in [-0.2, -0.15) is 0 Å². The Labute approximate surface area is 111 Å². The van der Waals surface area contributed by atoms with Crippen molar-refractivity contribution in [1.82, 2.24) is 5.32 Å². The predicted octanol–water partition coefficient (Wildman–Crippen LogP) is 4.47. The Bertz CT molecular complexity index is 373. The van der Waals surface area contributed by atoms with Crippen LogP contribution in [0, 0.1) is 24.6 Å².